The molecule has 0 unspecified atom stereocenters. The first-order valence-corrected chi connectivity index (χ1v) is 4.12. The van der Waals surface area contributed by atoms with Crippen LogP contribution in [0.2, 0.25) is 0 Å². The topological polar surface area (TPSA) is 29.1 Å². The van der Waals surface area contributed by atoms with Crippen LogP contribution in [0.5, 0.6) is 0 Å². The first-order valence-electron chi connectivity index (χ1n) is 4.12. The van der Waals surface area contributed by atoms with Crippen LogP contribution < -0.4 is 5.32 Å². The molecule has 0 fully saturated rings. The van der Waals surface area contributed by atoms with Crippen molar-refractivity contribution in [1.82, 2.24) is 5.32 Å². The van der Waals surface area contributed by atoms with Gasteiger partial charge < -0.3 is 5.32 Å². The summed E-state index contributed by atoms with van der Waals surface area (Å²) in [6.07, 6.45) is 1.02. The van der Waals surface area contributed by atoms with Gasteiger partial charge in [-0.2, -0.15) is 0 Å². The fourth-order valence-electron chi connectivity index (χ4n) is 1.55. The number of carbonyl (C=O) groups excluding carboxylic acids is 1. The lowest BCUT2D eigenvalue weighted by atomic mass is 9.93. The number of amides is 1. The van der Waals surface area contributed by atoms with Crippen LogP contribution in [-0.2, 0) is 4.79 Å². The number of nitrogens with one attached hydrogen (secondary N) is 1. The predicted octanol–water partition coefficient (Wildman–Crippen LogP) is 1.95. The maximum absolute atomic E-state index is 10.7. The van der Waals surface area contributed by atoms with Crippen LogP contribution in [0.15, 0.2) is 0 Å². The summed E-state index contributed by atoms with van der Waals surface area (Å²) in [4.78, 5) is 10.7. The Bertz CT molecular complexity index is 138. The third-order valence-electron chi connectivity index (χ3n) is 1.43. The third kappa shape index (κ3) is 5.89. The maximum atomic E-state index is 10.7. The molecule has 0 radical (unpaired) electrons. The molecule has 0 aromatic rings. The molecule has 2 heteroatoms. The van der Waals surface area contributed by atoms with Gasteiger partial charge in [0.15, 0.2) is 0 Å². The first kappa shape index (κ1) is 10.5. The van der Waals surface area contributed by atoms with Crippen molar-refractivity contribution in [3.63, 3.8) is 0 Å². The minimum Gasteiger partial charge on any atom is -0.351 e. The molecular weight excluding hydrogens is 138 g/mol. The molecule has 1 amide bonds. The third-order valence-corrected chi connectivity index (χ3v) is 1.43. The molecule has 0 atom stereocenters. The Morgan fingerprint density at radius 2 is 1.91 bits per heavy atom. The fourth-order valence-corrected chi connectivity index (χ4v) is 1.55. The van der Waals surface area contributed by atoms with Crippen molar-refractivity contribution in [2.45, 2.75) is 46.6 Å². The summed E-state index contributed by atoms with van der Waals surface area (Å²) in [6.45, 7) is 9.97. The van der Waals surface area contributed by atoms with Crippen molar-refractivity contribution >= 4 is 5.91 Å². The molecule has 0 saturated carbocycles. The molecule has 0 aromatic carbocycles. The summed E-state index contributed by atoms with van der Waals surface area (Å²) in [5.74, 6) is 0.674. The molecule has 0 spiro atoms. The van der Waals surface area contributed by atoms with Crippen LogP contribution in [-0.4, -0.2) is 11.4 Å². The summed E-state index contributed by atoms with van der Waals surface area (Å²) in [5, 5.41) is 2.91. The van der Waals surface area contributed by atoms with E-state index in [1.54, 1.807) is 6.92 Å². The Morgan fingerprint density at radius 3 is 2.18 bits per heavy atom. The van der Waals surface area contributed by atoms with Gasteiger partial charge in [0, 0.05) is 12.5 Å². The summed E-state index contributed by atoms with van der Waals surface area (Å²) in [7, 11) is 0. The largest absolute Gasteiger partial charge is 0.351 e. The van der Waals surface area contributed by atoms with E-state index in [1.165, 1.54) is 0 Å². The average Bonchev–Trinajstić information content (AvgIpc) is 1.53. The maximum Gasteiger partial charge on any atom is 0.217 e. The van der Waals surface area contributed by atoms with Gasteiger partial charge >= 0.3 is 0 Å². The van der Waals surface area contributed by atoms with Crippen LogP contribution in [0.1, 0.15) is 41.0 Å². The lowest BCUT2D eigenvalue weighted by molar-refractivity contribution is -0.120. The molecule has 66 valence electrons. The van der Waals surface area contributed by atoms with E-state index in [4.69, 9.17) is 0 Å². The molecule has 0 bridgehead atoms. The van der Waals surface area contributed by atoms with Crippen LogP contribution in [0.25, 0.3) is 0 Å². The van der Waals surface area contributed by atoms with Gasteiger partial charge in [-0.1, -0.05) is 13.8 Å². The summed E-state index contributed by atoms with van der Waals surface area (Å²) < 4.78 is 0. The van der Waals surface area contributed by atoms with Crippen LogP contribution >= 0.6 is 0 Å². The van der Waals surface area contributed by atoms with Gasteiger partial charge in [-0.25, -0.2) is 0 Å². The highest BCUT2D eigenvalue weighted by molar-refractivity contribution is 5.73. The van der Waals surface area contributed by atoms with Crippen molar-refractivity contribution in [2.75, 3.05) is 0 Å². The minimum absolute atomic E-state index is 0.0515. The van der Waals surface area contributed by atoms with Crippen LogP contribution in [0.4, 0.5) is 0 Å². The van der Waals surface area contributed by atoms with Gasteiger partial charge in [-0.3, -0.25) is 4.79 Å². The van der Waals surface area contributed by atoms with E-state index in [-0.39, 0.29) is 11.4 Å². The Morgan fingerprint density at radius 1 is 1.45 bits per heavy atom. The van der Waals surface area contributed by atoms with E-state index in [0.29, 0.717) is 5.92 Å². The smallest absolute Gasteiger partial charge is 0.217 e. The van der Waals surface area contributed by atoms with Gasteiger partial charge in [0.25, 0.3) is 0 Å². The Labute approximate surface area is 69.4 Å². The lowest BCUT2D eigenvalue weighted by Gasteiger charge is -2.27. The number of hydrogen-bond donors (Lipinski definition) is 1. The predicted molar refractivity (Wildman–Crippen MR) is 47.4 cm³/mol. The second-order valence-electron chi connectivity index (χ2n) is 4.16. The van der Waals surface area contributed by atoms with E-state index >= 15 is 0 Å². The van der Waals surface area contributed by atoms with E-state index in [2.05, 4.69) is 33.0 Å². The van der Waals surface area contributed by atoms with Crippen LogP contribution in [0.3, 0.4) is 0 Å². The van der Waals surface area contributed by atoms with E-state index in [0.717, 1.165) is 6.42 Å². The van der Waals surface area contributed by atoms with Gasteiger partial charge in [-0.05, 0) is 26.2 Å². The fraction of sp³-hybridized carbons (Fsp3) is 0.889. The number of rotatable bonds is 3. The Balaban J connectivity index is 3.89. The standard InChI is InChI=1S/C9H19NO/c1-7(2)6-9(4,5)10-8(3)11/h7H,6H2,1-5H3,(H,10,11). The van der Waals surface area contributed by atoms with E-state index in [9.17, 15) is 4.79 Å². The molecule has 0 rings (SSSR count). The molecule has 0 aromatic heterocycles. The van der Waals surface area contributed by atoms with Gasteiger partial charge in [0.2, 0.25) is 5.91 Å². The van der Waals surface area contributed by atoms with Crippen molar-refractivity contribution in [2.24, 2.45) is 5.92 Å². The molecule has 1 N–H and O–H groups in total. The summed E-state index contributed by atoms with van der Waals surface area (Å²) in [6, 6.07) is 0. The van der Waals surface area contributed by atoms with Crippen molar-refractivity contribution in [3.8, 4) is 0 Å². The van der Waals surface area contributed by atoms with E-state index < -0.39 is 0 Å². The molecule has 0 aliphatic rings. The molecule has 11 heavy (non-hydrogen) atoms. The van der Waals surface area contributed by atoms with Crippen LogP contribution in [0, 0.1) is 5.92 Å². The highest BCUT2D eigenvalue weighted by atomic mass is 16.1. The molecule has 0 heterocycles. The van der Waals surface area contributed by atoms with Crippen molar-refractivity contribution in [3.05, 3.63) is 0 Å². The van der Waals surface area contributed by atoms with Gasteiger partial charge in [-0.15, -0.1) is 0 Å². The van der Waals surface area contributed by atoms with Crippen molar-refractivity contribution in [1.29, 1.82) is 0 Å². The molecular formula is C9H19NO. The average molecular weight is 157 g/mol. The first-order chi connectivity index (χ1) is 4.83. The molecule has 0 aliphatic carbocycles. The number of hydrogen-bond acceptors (Lipinski definition) is 1. The normalized spacial score (nSPS) is 11.8. The molecule has 0 aliphatic heterocycles. The SMILES string of the molecule is CC(=O)NC(C)(C)CC(C)C. The highest BCUT2D eigenvalue weighted by Crippen LogP contribution is 2.14. The Hall–Kier alpha value is -0.530. The Kier molecular flexibility index (Phi) is 3.56. The minimum atomic E-state index is -0.0556. The van der Waals surface area contributed by atoms with Crippen molar-refractivity contribution < 1.29 is 4.79 Å². The zero-order valence-electron chi connectivity index (χ0n) is 8.19. The van der Waals surface area contributed by atoms with Gasteiger partial charge in [0.05, 0.1) is 0 Å². The second-order valence-corrected chi connectivity index (χ2v) is 4.16. The monoisotopic (exact) mass is 157 g/mol. The van der Waals surface area contributed by atoms with Gasteiger partial charge in [0.1, 0.15) is 0 Å². The van der Waals surface area contributed by atoms with E-state index in [1.807, 2.05) is 0 Å². The molecule has 2 nitrogen and oxygen atoms in total. The second kappa shape index (κ2) is 3.74. The number of carbonyl (C=O) groups is 1. The zero-order valence-corrected chi connectivity index (χ0v) is 8.19. The summed E-state index contributed by atoms with van der Waals surface area (Å²) in [5.41, 5.74) is -0.0556. The quantitative estimate of drug-likeness (QED) is 0.666. The lowest BCUT2D eigenvalue weighted by Crippen LogP contribution is -2.43. The highest BCUT2D eigenvalue weighted by Gasteiger charge is 2.19. The summed E-state index contributed by atoms with van der Waals surface area (Å²) >= 11 is 0. The zero-order chi connectivity index (χ0) is 9.07. The molecule has 0 saturated heterocycles.